The highest BCUT2D eigenvalue weighted by molar-refractivity contribution is 7.89. The molecule has 0 heterocycles. The molecule has 0 fully saturated rings. The molecule has 0 aliphatic carbocycles. The first-order chi connectivity index (χ1) is 9.94. The van der Waals surface area contributed by atoms with Crippen LogP contribution in [0.25, 0.3) is 0 Å². The highest BCUT2D eigenvalue weighted by atomic mass is 32.2. The summed E-state index contributed by atoms with van der Waals surface area (Å²) in [6.45, 7) is 4.24. The van der Waals surface area contributed by atoms with Gasteiger partial charge in [-0.15, -0.1) is 0 Å². The maximum absolute atomic E-state index is 13.8. The van der Waals surface area contributed by atoms with Gasteiger partial charge < -0.3 is 5.73 Å². The quantitative estimate of drug-likeness (QED) is 0.736. The molecule has 21 heavy (non-hydrogen) atoms. The number of halogens is 1. The van der Waals surface area contributed by atoms with Crippen molar-refractivity contribution < 1.29 is 12.8 Å². The van der Waals surface area contributed by atoms with Crippen molar-refractivity contribution in [2.75, 3.05) is 0 Å². The molecular weight excluding hydrogens is 291 g/mol. The average Bonchev–Trinajstić information content (AvgIpc) is 2.45. The van der Waals surface area contributed by atoms with Gasteiger partial charge in [0.05, 0.1) is 0 Å². The average molecular weight is 316 g/mol. The second-order valence-electron chi connectivity index (χ2n) is 5.22. The summed E-state index contributed by atoms with van der Waals surface area (Å²) in [5.74, 6) is -0.745. The van der Waals surface area contributed by atoms with Crippen LogP contribution < -0.4 is 10.5 Å². The second kappa shape index (κ2) is 8.46. The summed E-state index contributed by atoms with van der Waals surface area (Å²) in [5, 5.41) is 0. The van der Waals surface area contributed by atoms with Crippen molar-refractivity contribution in [1.29, 1.82) is 0 Å². The first-order valence-electron chi connectivity index (χ1n) is 7.45. The number of hydrogen-bond acceptors (Lipinski definition) is 3. The summed E-state index contributed by atoms with van der Waals surface area (Å²) < 4.78 is 41.2. The Hall–Kier alpha value is -0.980. The van der Waals surface area contributed by atoms with Crippen molar-refractivity contribution >= 4 is 10.0 Å². The van der Waals surface area contributed by atoms with Crippen molar-refractivity contribution in [3.63, 3.8) is 0 Å². The van der Waals surface area contributed by atoms with E-state index in [1.807, 2.05) is 6.92 Å². The molecule has 6 heteroatoms. The fourth-order valence-electron chi connectivity index (χ4n) is 2.22. The molecule has 0 radical (unpaired) electrons. The molecule has 3 N–H and O–H groups in total. The minimum Gasteiger partial charge on any atom is -0.326 e. The number of nitrogens with one attached hydrogen (secondary N) is 1. The lowest BCUT2D eigenvalue weighted by atomic mass is 10.1. The van der Waals surface area contributed by atoms with Crippen molar-refractivity contribution in [3.05, 3.63) is 29.6 Å². The lowest BCUT2D eigenvalue weighted by molar-refractivity contribution is 0.479. The molecule has 1 unspecified atom stereocenters. The van der Waals surface area contributed by atoms with Crippen LogP contribution in [-0.4, -0.2) is 14.5 Å². The van der Waals surface area contributed by atoms with Crippen molar-refractivity contribution in [1.82, 2.24) is 4.72 Å². The van der Waals surface area contributed by atoms with Gasteiger partial charge in [-0.05, 0) is 30.5 Å². The Balaban J connectivity index is 2.98. The summed E-state index contributed by atoms with van der Waals surface area (Å²) in [6, 6.07) is 3.80. The molecule has 1 aromatic carbocycles. The largest absolute Gasteiger partial charge is 0.326 e. The second-order valence-corrected chi connectivity index (χ2v) is 6.90. The summed E-state index contributed by atoms with van der Waals surface area (Å²) in [5.41, 5.74) is 6.08. The molecule has 0 aliphatic rings. The van der Waals surface area contributed by atoms with E-state index in [2.05, 4.69) is 11.6 Å². The van der Waals surface area contributed by atoms with Crippen LogP contribution >= 0.6 is 0 Å². The summed E-state index contributed by atoms with van der Waals surface area (Å²) in [4.78, 5) is -0.317. The van der Waals surface area contributed by atoms with Gasteiger partial charge in [-0.3, -0.25) is 0 Å². The van der Waals surface area contributed by atoms with E-state index in [1.165, 1.54) is 12.1 Å². The summed E-state index contributed by atoms with van der Waals surface area (Å²) in [6.07, 6.45) is 4.33. The van der Waals surface area contributed by atoms with Gasteiger partial charge in [-0.2, -0.15) is 0 Å². The van der Waals surface area contributed by atoms with Crippen molar-refractivity contribution in [3.8, 4) is 0 Å². The normalized spacial score (nSPS) is 13.3. The van der Waals surface area contributed by atoms with Gasteiger partial charge in [0.25, 0.3) is 0 Å². The van der Waals surface area contributed by atoms with Crippen LogP contribution in [0.3, 0.4) is 0 Å². The SMILES string of the molecule is CCCCC(CCC)NS(=O)(=O)c1cc(CN)ccc1F. The molecule has 0 amide bonds. The van der Waals surface area contributed by atoms with Crippen LogP contribution in [0, 0.1) is 5.82 Å². The van der Waals surface area contributed by atoms with Gasteiger partial charge in [0.1, 0.15) is 10.7 Å². The maximum atomic E-state index is 13.8. The predicted molar refractivity (Wildman–Crippen MR) is 82.8 cm³/mol. The van der Waals surface area contributed by atoms with Crippen molar-refractivity contribution in [2.45, 2.75) is 63.4 Å². The van der Waals surface area contributed by atoms with E-state index in [0.29, 0.717) is 5.56 Å². The van der Waals surface area contributed by atoms with Crippen LogP contribution in [0.15, 0.2) is 23.1 Å². The topological polar surface area (TPSA) is 72.2 Å². The molecule has 0 aliphatic heterocycles. The number of rotatable bonds is 9. The van der Waals surface area contributed by atoms with Gasteiger partial charge >= 0.3 is 0 Å². The Kier molecular flexibility index (Phi) is 7.28. The molecule has 0 spiro atoms. The molecule has 1 atom stereocenters. The Morgan fingerprint density at radius 3 is 2.52 bits per heavy atom. The van der Waals surface area contributed by atoms with E-state index in [1.54, 1.807) is 0 Å². The Morgan fingerprint density at radius 2 is 1.95 bits per heavy atom. The highest BCUT2D eigenvalue weighted by Crippen LogP contribution is 2.18. The van der Waals surface area contributed by atoms with Crippen LogP contribution in [0.5, 0.6) is 0 Å². The zero-order valence-corrected chi connectivity index (χ0v) is 13.5. The standard InChI is InChI=1S/C15H25FN2O2S/c1-3-5-7-13(6-4-2)18-21(19,20)15-10-12(11-17)8-9-14(15)16/h8-10,13,18H,3-7,11,17H2,1-2H3. The van der Waals surface area contributed by atoms with E-state index in [-0.39, 0.29) is 17.5 Å². The third kappa shape index (κ3) is 5.37. The first-order valence-corrected chi connectivity index (χ1v) is 8.93. The third-order valence-corrected chi connectivity index (χ3v) is 4.92. The van der Waals surface area contributed by atoms with Crippen LogP contribution in [0.4, 0.5) is 4.39 Å². The monoisotopic (exact) mass is 316 g/mol. The van der Waals surface area contributed by atoms with Crippen LogP contribution in [0.2, 0.25) is 0 Å². The highest BCUT2D eigenvalue weighted by Gasteiger charge is 2.23. The Bertz CT molecular complexity index is 547. The number of nitrogens with two attached hydrogens (primary N) is 1. The third-order valence-electron chi connectivity index (χ3n) is 3.39. The Labute approximate surface area is 127 Å². The molecule has 120 valence electrons. The number of benzene rings is 1. The van der Waals surface area contributed by atoms with Gasteiger partial charge in [-0.25, -0.2) is 17.5 Å². The molecule has 0 bridgehead atoms. The molecule has 4 nitrogen and oxygen atoms in total. The van der Waals surface area contributed by atoms with Gasteiger partial charge in [0.15, 0.2) is 0 Å². The van der Waals surface area contributed by atoms with Crippen LogP contribution in [0.1, 0.15) is 51.5 Å². The van der Waals surface area contributed by atoms with E-state index in [9.17, 15) is 12.8 Å². The molecule has 1 rings (SSSR count). The van der Waals surface area contributed by atoms with E-state index in [4.69, 9.17) is 5.73 Å². The fourth-order valence-corrected chi connectivity index (χ4v) is 3.66. The summed E-state index contributed by atoms with van der Waals surface area (Å²) >= 11 is 0. The van der Waals surface area contributed by atoms with Gasteiger partial charge in [0, 0.05) is 12.6 Å². The smallest absolute Gasteiger partial charge is 0.243 e. The maximum Gasteiger partial charge on any atom is 0.243 e. The molecule has 1 aromatic rings. The Morgan fingerprint density at radius 1 is 1.24 bits per heavy atom. The molecule has 0 saturated heterocycles. The number of unbranched alkanes of at least 4 members (excludes halogenated alkanes) is 1. The van der Waals surface area contributed by atoms with E-state index >= 15 is 0 Å². The number of hydrogen-bond donors (Lipinski definition) is 2. The van der Waals surface area contributed by atoms with E-state index < -0.39 is 15.8 Å². The minimum atomic E-state index is -3.86. The zero-order valence-electron chi connectivity index (χ0n) is 12.7. The lowest BCUT2D eigenvalue weighted by Crippen LogP contribution is -2.35. The van der Waals surface area contributed by atoms with E-state index in [0.717, 1.165) is 38.2 Å². The lowest BCUT2D eigenvalue weighted by Gasteiger charge is -2.18. The first kappa shape index (κ1) is 18.1. The van der Waals surface area contributed by atoms with Gasteiger partial charge in [-0.1, -0.05) is 39.2 Å². The van der Waals surface area contributed by atoms with Crippen molar-refractivity contribution in [2.24, 2.45) is 5.73 Å². The van der Waals surface area contributed by atoms with Gasteiger partial charge in [0.2, 0.25) is 10.0 Å². The predicted octanol–water partition coefficient (Wildman–Crippen LogP) is 2.92. The number of sulfonamides is 1. The summed E-state index contributed by atoms with van der Waals surface area (Å²) in [7, 11) is -3.86. The molecule has 0 aromatic heterocycles. The zero-order chi connectivity index (χ0) is 15.9. The van der Waals surface area contributed by atoms with Crippen LogP contribution in [-0.2, 0) is 16.6 Å². The minimum absolute atomic E-state index is 0.152. The molecule has 0 saturated carbocycles. The molecular formula is C15H25FN2O2S. The fraction of sp³-hybridized carbons (Fsp3) is 0.600.